The van der Waals surface area contributed by atoms with E-state index < -0.39 is 18.7 Å². The third kappa shape index (κ3) is 2.94. The fourth-order valence-corrected chi connectivity index (χ4v) is 1.87. The van der Waals surface area contributed by atoms with E-state index in [0.29, 0.717) is 5.56 Å². The third-order valence-corrected chi connectivity index (χ3v) is 3.04. The van der Waals surface area contributed by atoms with Crippen LogP contribution in [0.4, 0.5) is 0 Å². The lowest BCUT2D eigenvalue weighted by molar-refractivity contribution is -0.138. The molecule has 2 aromatic rings. The molecule has 0 heterocycles. The lowest BCUT2D eigenvalue weighted by Gasteiger charge is -2.08. The Morgan fingerprint density at radius 1 is 1.10 bits per heavy atom. The first-order valence-corrected chi connectivity index (χ1v) is 6.14. The molecule has 0 amide bonds. The van der Waals surface area contributed by atoms with Gasteiger partial charge in [0.15, 0.2) is 5.78 Å². The smallest absolute Gasteiger partial charge is 0.310 e. The van der Waals surface area contributed by atoms with Crippen LogP contribution in [0.25, 0.3) is 0 Å². The predicted octanol–water partition coefficient (Wildman–Crippen LogP) is 3.41. The molecule has 0 aliphatic heterocycles. The molecule has 3 heteroatoms. The Balaban J connectivity index is 2.41. The summed E-state index contributed by atoms with van der Waals surface area (Å²) in [7, 11) is 0. The van der Waals surface area contributed by atoms with Gasteiger partial charge in [-0.05, 0) is 25.4 Å². The number of hydrogen-bond acceptors (Lipinski definition) is 2. The van der Waals surface area contributed by atoms with Crippen LogP contribution in [-0.2, 0) is 4.79 Å². The second-order valence-corrected chi connectivity index (χ2v) is 4.59. The summed E-state index contributed by atoms with van der Waals surface area (Å²) < 4.78 is 22.2. The first-order chi connectivity index (χ1) is 10.7. The summed E-state index contributed by atoms with van der Waals surface area (Å²) in [5, 5.41) is 9.19. The molecule has 0 fully saturated rings. The molecule has 0 aliphatic carbocycles. The molecule has 0 bridgehead atoms. The van der Waals surface area contributed by atoms with E-state index in [1.807, 2.05) is 6.92 Å². The maximum Gasteiger partial charge on any atom is 0.310 e. The molecule has 0 spiro atoms. The summed E-state index contributed by atoms with van der Waals surface area (Å²) in [6.45, 7) is -0.778. The maximum absolute atomic E-state index is 12.5. The fraction of sp³-hybridized carbons (Fsp3) is 0.176. The highest BCUT2D eigenvalue weighted by molar-refractivity contribution is 6.09. The molecule has 0 aromatic heterocycles. The van der Waals surface area contributed by atoms with Crippen molar-refractivity contribution in [2.24, 2.45) is 0 Å². The van der Waals surface area contributed by atoms with Crippen molar-refractivity contribution < 1.29 is 18.8 Å². The second kappa shape index (κ2) is 5.70. The van der Waals surface area contributed by atoms with Crippen molar-refractivity contribution in [3.05, 3.63) is 70.8 Å². The van der Waals surface area contributed by atoms with Gasteiger partial charge in [0.05, 0.1) is 5.92 Å². The molecule has 0 radical (unpaired) electrons. The SMILES string of the molecule is [2H]C([2H])([2H])C(C(=O)O)c1cccc(C(=O)c2ccc(C)cc2)c1. The normalized spacial score (nSPS) is 14.8. The Bertz CT molecular complexity index is 733. The Hall–Kier alpha value is -2.42. The first-order valence-electron chi connectivity index (χ1n) is 7.64. The summed E-state index contributed by atoms with van der Waals surface area (Å²) in [5.74, 6) is -3.38. The van der Waals surface area contributed by atoms with Gasteiger partial charge in [0.2, 0.25) is 0 Å². The standard InChI is InChI=1S/C17H16O3/c1-11-6-8-13(9-7-11)16(18)15-5-3-4-14(10-15)12(2)17(19)20/h3-10,12H,1-2H3,(H,19,20)/i2D3. The van der Waals surface area contributed by atoms with Crippen LogP contribution in [-0.4, -0.2) is 16.9 Å². The van der Waals surface area contributed by atoms with Crippen molar-refractivity contribution >= 4 is 11.8 Å². The van der Waals surface area contributed by atoms with Crippen molar-refractivity contribution in [3.63, 3.8) is 0 Å². The molecule has 0 saturated carbocycles. The van der Waals surface area contributed by atoms with Gasteiger partial charge in [-0.25, -0.2) is 0 Å². The van der Waals surface area contributed by atoms with Crippen molar-refractivity contribution in [1.29, 1.82) is 0 Å². The molecule has 0 aliphatic rings. The van der Waals surface area contributed by atoms with E-state index in [-0.39, 0.29) is 16.9 Å². The third-order valence-electron chi connectivity index (χ3n) is 3.04. The highest BCUT2D eigenvalue weighted by Crippen LogP contribution is 2.19. The van der Waals surface area contributed by atoms with Crippen LogP contribution in [0.1, 0.15) is 43.9 Å². The van der Waals surface area contributed by atoms with Crippen molar-refractivity contribution in [1.82, 2.24) is 0 Å². The number of ketones is 1. The van der Waals surface area contributed by atoms with Crippen LogP contribution in [0.3, 0.4) is 0 Å². The number of aryl methyl sites for hydroxylation is 1. The number of carboxylic acids is 1. The Morgan fingerprint density at radius 2 is 1.80 bits per heavy atom. The molecule has 3 nitrogen and oxygen atoms in total. The number of aliphatic carboxylic acids is 1. The minimum Gasteiger partial charge on any atom is -0.481 e. The monoisotopic (exact) mass is 271 g/mol. The van der Waals surface area contributed by atoms with E-state index in [0.717, 1.165) is 5.56 Å². The molecule has 2 aromatic carbocycles. The van der Waals surface area contributed by atoms with Crippen LogP contribution in [0.2, 0.25) is 0 Å². The predicted molar refractivity (Wildman–Crippen MR) is 77.1 cm³/mol. The van der Waals surface area contributed by atoms with Gasteiger partial charge in [-0.1, -0.05) is 48.0 Å². The average Bonchev–Trinajstić information content (AvgIpc) is 2.46. The van der Waals surface area contributed by atoms with Crippen LogP contribution in [0, 0.1) is 6.92 Å². The molecule has 102 valence electrons. The van der Waals surface area contributed by atoms with E-state index >= 15 is 0 Å². The highest BCUT2D eigenvalue weighted by Gasteiger charge is 2.16. The molecule has 1 unspecified atom stereocenters. The number of carboxylic acid groups (broad SMARTS) is 1. The minimum absolute atomic E-state index is 0.0930. The zero-order valence-corrected chi connectivity index (χ0v) is 11.0. The van der Waals surface area contributed by atoms with E-state index in [1.165, 1.54) is 18.2 Å². The Kier molecular flexibility index (Phi) is 2.96. The van der Waals surface area contributed by atoms with E-state index in [1.54, 1.807) is 30.3 Å². The van der Waals surface area contributed by atoms with Crippen LogP contribution in [0.15, 0.2) is 48.5 Å². The van der Waals surface area contributed by atoms with Gasteiger partial charge in [-0.15, -0.1) is 0 Å². The van der Waals surface area contributed by atoms with Gasteiger partial charge in [-0.2, -0.15) is 0 Å². The van der Waals surface area contributed by atoms with Crippen LogP contribution in [0.5, 0.6) is 0 Å². The molecule has 20 heavy (non-hydrogen) atoms. The van der Waals surface area contributed by atoms with Gasteiger partial charge >= 0.3 is 5.97 Å². The number of carbonyl (C=O) groups excluding carboxylic acids is 1. The zero-order valence-electron chi connectivity index (χ0n) is 14.0. The van der Waals surface area contributed by atoms with Crippen molar-refractivity contribution in [2.75, 3.05) is 0 Å². The number of hydrogen-bond donors (Lipinski definition) is 1. The zero-order chi connectivity index (χ0) is 17.2. The van der Waals surface area contributed by atoms with E-state index in [2.05, 4.69) is 0 Å². The lowest BCUT2D eigenvalue weighted by atomic mass is 9.95. The molecular weight excluding hydrogens is 252 g/mol. The Morgan fingerprint density at radius 3 is 2.40 bits per heavy atom. The second-order valence-electron chi connectivity index (χ2n) is 4.59. The molecule has 2 rings (SSSR count). The molecule has 1 N–H and O–H groups in total. The largest absolute Gasteiger partial charge is 0.481 e. The Labute approximate surface area is 122 Å². The average molecular weight is 271 g/mol. The number of rotatable bonds is 4. The molecule has 1 atom stereocenters. The van der Waals surface area contributed by atoms with E-state index in [9.17, 15) is 14.7 Å². The quantitative estimate of drug-likeness (QED) is 0.867. The summed E-state index contributed by atoms with van der Waals surface area (Å²) in [4.78, 5) is 23.8. The van der Waals surface area contributed by atoms with Crippen molar-refractivity contribution in [2.45, 2.75) is 19.7 Å². The van der Waals surface area contributed by atoms with Crippen LogP contribution < -0.4 is 0 Å². The lowest BCUT2D eigenvalue weighted by Crippen LogP contribution is -2.09. The summed E-state index contributed by atoms with van der Waals surface area (Å²) in [6.07, 6.45) is 0. The minimum atomic E-state index is -2.68. The summed E-state index contributed by atoms with van der Waals surface area (Å²) in [6, 6.07) is 12.8. The van der Waals surface area contributed by atoms with Gasteiger partial charge in [0.1, 0.15) is 0 Å². The highest BCUT2D eigenvalue weighted by atomic mass is 16.4. The van der Waals surface area contributed by atoms with Gasteiger partial charge in [0.25, 0.3) is 0 Å². The van der Waals surface area contributed by atoms with E-state index in [4.69, 9.17) is 4.11 Å². The van der Waals surface area contributed by atoms with Crippen LogP contribution >= 0.6 is 0 Å². The van der Waals surface area contributed by atoms with Crippen molar-refractivity contribution in [3.8, 4) is 0 Å². The first kappa shape index (κ1) is 10.4. The number of benzene rings is 2. The summed E-state index contributed by atoms with van der Waals surface area (Å²) >= 11 is 0. The maximum atomic E-state index is 12.5. The topological polar surface area (TPSA) is 54.4 Å². The fourth-order valence-electron chi connectivity index (χ4n) is 1.87. The molecule has 0 saturated heterocycles. The van der Waals surface area contributed by atoms with Gasteiger partial charge in [0, 0.05) is 15.2 Å². The molecular formula is C17H16O3. The van der Waals surface area contributed by atoms with Gasteiger partial charge in [-0.3, -0.25) is 9.59 Å². The number of carbonyl (C=O) groups is 2. The van der Waals surface area contributed by atoms with Gasteiger partial charge < -0.3 is 5.11 Å². The summed E-state index contributed by atoms with van der Waals surface area (Å²) in [5.41, 5.74) is 1.84.